The summed E-state index contributed by atoms with van der Waals surface area (Å²) in [6.07, 6.45) is 3.03. The van der Waals surface area contributed by atoms with Gasteiger partial charge in [0.15, 0.2) is 9.34 Å². The molecule has 0 saturated heterocycles. The second-order valence-electron chi connectivity index (χ2n) is 2.77. The largest absolute Gasteiger partial charge is 0.448 e. The Kier molecular flexibility index (Phi) is 3.74. The molecule has 0 radical (unpaired) electrons. The molecule has 0 N–H and O–H groups in total. The van der Waals surface area contributed by atoms with E-state index in [0.29, 0.717) is 20.9 Å². The lowest BCUT2D eigenvalue weighted by Gasteiger charge is -1.82. The summed E-state index contributed by atoms with van der Waals surface area (Å²) in [5.74, 6) is 1.26. The van der Waals surface area contributed by atoms with Crippen molar-refractivity contribution in [2.75, 3.05) is 0 Å². The summed E-state index contributed by atoms with van der Waals surface area (Å²) in [5.41, 5.74) is 0. The van der Waals surface area contributed by atoms with E-state index >= 15 is 0 Å². The molecule has 0 aliphatic carbocycles. The van der Waals surface area contributed by atoms with Crippen LogP contribution in [0.1, 0.15) is 11.5 Å². The number of hydrogen-bond acceptors (Lipinski definition) is 4. The lowest BCUT2D eigenvalue weighted by molar-refractivity contribution is 0.533. The van der Waals surface area contributed by atoms with Gasteiger partial charge >= 0.3 is 0 Å². The highest BCUT2D eigenvalue weighted by molar-refractivity contribution is 9.10. The van der Waals surface area contributed by atoms with Gasteiger partial charge in [-0.25, -0.2) is 0 Å². The van der Waals surface area contributed by atoms with Crippen molar-refractivity contribution in [3.63, 3.8) is 0 Å². The summed E-state index contributed by atoms with van der Waals surface area (Å²) in [6.45, 7) is 0. The van der Waals surface area contributed by atoms with Crippen molar-refractivity contribution in [3.8, 4) is 0 Å². The Labute approximate surface area is 108 Å². The molecule has 0 bridgehead atoms. The first-order valence-electron chi connectivity index (χ1n) is 4.31. The predicted octanol–water partition coefficient (Wildman–Crippen LogP) is 3.85. The molecule has 4 nitrogen and oxygen atoms in total. The van der Waals surface area contributed by atoms with Crippen LogP contribution in [-0.4, -0.2) is 12.4 Å². The average Bonchev–Trinajstić information content (AvgIpc) is 2.83. The van der Waals surface area contributed by atoms with Gasteiger partial charge in [0.05, 0.1) is 12.4 Å². The van der Waals surface area contributed by atoms with Crippen molar-refractivity contribution in [1.29, 1.82) is 0 Å². The highest BCUT2D eigenvalue weighted by Crippen LogP contribution is 2.13. The molecule has 16 heavy (non-hydrogen) atoms. The summed E-state index contributed by atoms with van der Waals surface area (Å²) >= 11 is 6.39. The van der Waals surface area contributed by atoms with E-state index in [1.54, 1.807) is 24.3 Å². The second-order valence-corrected chi connectivity index (χ2v) is 4.34. The minimum atomic E-state index is 0.629. The molecule has 2 aromatic rings. The molecule has 2 heterocycles. The molecule has 2 rings (SSSR count). The Balaban J connectivity index is 1.96. The molecule has 0 aliphatic heterocycles. The van der Waals surface area contributed by atoms with E-state index < -0.39 is 0 Å². The Bertz CT molecular complexity index is 480. The van der Waals surface area contributed by atoms with Gasteiger partial charge in [-0.2, -0.15) is 10.2 Å². The van der Waals surface area contributed by atoms with Gasteiger partial charge < -0.3 is 8.83 Å². The maximum atomic E-state index is 5.20. The SMILES string of the molecule is Brc1ccc(C=NN=Cc2ccc(Br)o2)o1. The van der Waals surface area contributed by atoms with Crippen LogP contribution in [0.25, 0.3) is 0 Å². The third-order valence-electron chi connectivity index (χ3n) is 1.62. The minimum absolute atomic E-state index is 0.629. The molecular formula is C10H6Br2N2O2. The first kappa shape index (κ1) is 11.3. The fourth-order valence-electron chi connectivity index (χ4n) is 0.976. The maximum Gasteiger partial charge on any atom is 0.169 e. The van der Waals surface area contributed by atoms with Crippen molar-refractivity contribution < 1.29 is 8.83 Å². The molecule has 0 fully saturated rings. The van der Waals surface area contributed by atoms with Crippen molar-refractivity contribution >= 4 is 44.3 Å². The summed E-state index contributed by atoms with van der Waals surface area (Å²) in [5, 5.41) is 7.63. The summed E-state index contributed by atoms with van der Waals surface area (Å²) in [6, 6.07) is 7.14. The van der Waals surface area contributed by atoms with E-state index in [4.69, 9.17) is 8.83 Å². The van der Waals surface area contributed by atoms with Crippen molar-refractivity contribution in [2.45, 2.75) is 0 Å². The number of halogens is 2. The summed E-state index contributed by atoms with van der Waals surface area (Å²) in [7, 11) is 0. The quantitative estimate of drug-likeness (QED) is 0.626. The van der Waals surface area contributed by atoms with Gasteiger partial charge in [0, 0.05) is 0 Å². The molecule has 0 saturated carbocycles. The highest BCUT2D eigenvalue weighted by atomic mass is 79.9. The van der Waals surface area contributed by atoms with Gasteiger partial charge in [0.25, 0.3) is 0 Å². The number of furan rings is 2. The molecule has 0 unspecified atom stereocenters. The Morgan fingerprint density at radius 2 is 1.25 bits per heavy atom. The van der Waals surface area contributed by atoms with Crippen LogP contribution in [0.5, 0.6) is 0 Å². The molecule has 0 aromatic carbocycles. The second kappa shape index (κ2) is 5.27. The number of rotatable bonds is 3. The van der Waals surface area contributed by atoms with Gasteiger partial charge in [0.1, 0.15) is 11.5 Å². The van der Waals surface area contributed by atoms with E-state index in [2.05, 4.69) is 42.1 Å². The van der Waals surface area contributed by atoms with E-state index in [0.717, 1.165) is 0 Å². The van der Waals surface area contributed by atoms with Gasteiger partial charge in [-0.05, 0) is 56.1 Å². The lowest BCUT2D eigenvalue weighted by atomic mass is 10.5. The first-order valence-corrected chi connectivity index (χ1v) is 5.90. The fraction of sp³-hybridized carbons (Fsp3) is 0. The van der Waals surface area contributed by atoms with Crippen molar-refractivity contribution in [3.05, 3.63) is 45.1 Å². The van der Waals surface area contributed by atoms with Gasteiger partial charge in [0.2, 0.25) is 0 Å². The molecule has 6 heteroatoms. The van der Waals surface area contributed by atoms with Gasteiger partial charge in [-0.3, -0.25) is 0 Å². The van der Waals surface area contributed by atoms with Crippen LogP contribution in [0, 0.1) is 0 Å². The number of hydrogen-bond donors (Lipinski definition) is 0. The normalized spacial score (nSPS) is 11.9. The van der Waals surface area contributed by atoms with Crippen LogP contribution < -0.4 is 0 Å². The predicted molar refractivity (Wildman–Crippen MR) is 68.0 cm³/mol. The van der Waals surface area contributed by atoms with Crippen LogP contribution in [0.2, 0.25) is 0 Å². The van der Waals surface area contributed by atoms with E-state index in [1.807, 2.05) is 0 Å². The lowest BCUT2D eigenvalue weighted by Crippen LogP contribution is -1.75. The van der Waals surface area contributed by atoms with E-state index in [1.165, 1.54) is 12.4 Å². The van der Waals surface area contributed by atoms with Crippen LogP contribution >= 0.6 is 31.9 Å². The van der Waals surface area contributed by atoms with Crippen LogP contribution in [0.3, 0.4) is 0 Å². The molecule has 82 valence electrons. The molecule has 2 aromatic heterocycles. The standard InChI is InChI=1S/C10H6Br2N2O2/c11-9-3-1-7(15-9)5-13-14-6-8-2-4-10(12)16-8/h1-6H. The van der Waals surface area contributed by atoms with Gasteiger partial charge in [-0.15, -0.1) is 0 Å². The van der Waals surface area contributed by atoms with Crippen LogP contribution in [0.15, 0.2) is 52.6 Å². The third-order valence-corrected chi connectivity index (χ3v) is 2.48. The first-order chi connectivity index (χ1) is 7.74. The zero-order chi connectivity index (χ0) is 11.4. The zero-order valence-corrected chi connectivity index (χ0v) is 11.1. The molecule has 0 spiro atoms. The molecule has 0 atom stereocenters. The Hall–Kier alpha value is -1.14. The topological polar surface area (TPSA) is 51.0 Å². The summed E-state index contributed by atoms with van der Waals surface area (Å²) in [4.78, 5) is 0. The van der Waals surface area contributed by atoms with Crippen molar-refractivity contribution in [1.82, 2.24) is 0 Å². The van der Waals surface area contributed by atoms with Crippen molar-refractivity contribution in [2.24, 2.45) is 10.2 Å². The Morgan fingerprint density at radius 1 is 0.812 bits per heavy atom. The molecule has 0 aliphatic rings. The zero-order valence-electron chi connectivity index (χ0n) is 7.93. The smallest absolute Gasteiger partial charge is 0.169 e. The number of nitrogens with zero attached hydrogens (tertiary/aromatic N) is 2. The monoisotopic (exact) mass is 344 g/mol. The highest BCUT2D eigenvalue weighted by Gasteiger charge is 1.95. The maximum absolute atomic E-state index is 5.20. The van der Waals surface area contributed by atoms with Gasteiger partial charge in [-0.1, -0.05) is 0 Å². The minimum Gasteiger partial charge on any atom is -0.448 e. The van der Waals surface area contributed by atoms with E-state index in [9.17, 15) is 0 Å². The third kappa shape index (κ3) is 3.18. The fourth-order valence-corrected chi connectivity index (χ4v) is 1.61. The van der Waals surface area contributed by atoms with Crippen LogP contribution in [0.4, 0.5) is 0 Å². The van der Waals surface area contributed by atoms with E-state index in [-0.39, 0.29) is 0 Å². The summed E-state index contributed by atoms with van der Waals surface area (Å²) < 4.78 is 11.7. The Morgan fingerprint density at radius 3 is 1.56 bits per heavy atom. The molecular weight excluding hydrogens is 340 g/mol. The average molecular weight is 346 g/mol. The van der Waals surface area contributed by atoms with Crippen LogP contribution in [-0.2, 0) is 0 Å². The molecule has 0 amide bonds.